The summed E-state index contributed by atoms with van der Waals surface area (Å²) in [5, 5.41) is 2.58. The molecule has 0 atom stereocenters. The number of halogens is 2. The van der Waals surface area contributed by atoms with Crippen molar-refractivity contribution in [1.82, 2.24) is 19.4 Å². The minimum Gasteiger partial charge on any atom is -0.493 e. The van der Waals surface area contributed by atoms with Gasteiger partial charge < -0.3 is 24.4 Å². The molecular weight excluding hydrogens is 680 g/mol. The molecule has 6 rings (SSSR count). The molecule has 3 aromatic heterocycles. The maximum atomic E-state index is 15.4. The maximum absolute atomic E-state index is 15.4. The van der Waals surface area contributed by atoms with Gasteiger partial charge in [0.15, 0.2) is 11.6 Å². The van der Waals surface area contributed by atoms with E-state index in [1.807, 2.05) is 26.8 Å². The second-order valence-corrected chi connectivity index (χ2v) is 14.0. The van der Waals surface area contributed by atoms with Crippen LogP contribution in [0.2, 0.25) is 0 Å². The third-order valence-corrected chi connectivity index (χ3v) is 9.05. The van der Waals surface area contributed by atoms with Crippen molar-refractivity contribution in [2.24, 2.45) is 0 Å². The van der Waals surface area contributed by atoms with Crippen molar-refractivity contribution in [3.05, 3.63) is 105 Å². The summed E-state index contributed by atoms with van der Waals surface area (Å²) in [6.45, 7) is 10.6. The molecule has 2 aromatic carbocycles. The Morgan fingerprint density at radius 1 is 0.941 bits per heavy atom. The minimum absolute atomic E-state index is 0.0545. The summed E-state index contributed by atoms with van der Waals surface area (Å²) in [5.41, 5.74) is -0.367. The number of amides is 2. The molecule has 0 spiro atoms. The van der Waals surface area contributed by atoms with Crippen LogP contribution in [0.3, 0.4) is 0 Å². The molecule has 0 bridgehead atoms. The molecular formula is C37H37F2N5O6S. The van der Waals surface area contributed by atoms with E-state index in [1.54, 1.807) is 24.1 Å². The summed E-state index contributed by atoms with van der Waals surface area (Å²) in [6, 6.07) is 14.3. The van der Waals surface area contributed by atoms with E-state index in [9.17, 15) is 18.8 Å². The number of hydrogen-bond acceptors (Lipinski definition) is 9. The highest BCUT2D eigenvalue weighted by Gasteiger charge is 2.26. The van der Waals surface area contributed by atoms with Crippen molar-refractivity contribution in [3.63, 3.8) is 0 Å². The number of rotatable bonds is 9. The molecule has 1 saturated heterocycles. The van der Waals surface area contributed by atoms with Crippen molar-refractivity contribution in [2.45, 2.75) is 39.8 Å². The van der Waals surface area contributed by atoms with Crippen LogP contribution in [0.4, 0.5) is 19.3 Å². The summed E-state index contributed by atoms with van der Waals surface area (Å²) < 4.78 is 47.9. The van der Waals surface area contributed by atoms with Crippen LogP contribution in [-0.2, 0) is 11.3 Å². The van der Waals surface area contributed by atoms with Crippen LogP contribution in [-0.4, -0.2) is 69.7 Å². The zero-order valence-corrected chi connectivity index (χ0v) is 29.4. The maximum Gasteiger partial charge on any atom is 0.410 e. The Hall–Kier alpha value is -5.34. The zero-order valence-electron chi connectivity index (χ0n) is 28.6. The summed E-state index contributed by atoms with van der Waals surface area (Å²) in [6.07, 6.45) is 2.72. The zero-order chi connectivity index (χ0) is 36.3. The number of fused-ring (bicyclic) bond motifs is 1. The van der Waals surface area contributed by atoms with Gasteiger partial charge in [-0.25, -0.2) is 13.6 Å². The van der Waals surface area contributed by atoms with Gasteiger partial charge in [-0.15, -0.1) is 11.3 Å². The fourth-order valence-electron chi connectivity index (χ4n) is 5.54. The molecule has 0 saturated carbocycles. The van der Waals surface area contributed by atoms with Crippen molar-refractivity contribution in [3.8, 4) is 22.9 Å². The predicted octanol–water partition coefficient (Wildman–Crippen LogP) is 7.22. The van der Waals surface area contributed by atoms with Gasteiger partial charge in [-0.2, -0.15) is 0 Å². The molecule has 1 aliphatic heterocycles. The number of carbonyl (C=O) groups excluding carboxylic acids is 2. The Balaban J connectivity index is 1.14. The predicted molar refractivity (Wildman–Crippen MR) is 190 cm³/mol. The highest BCUT2D eigenvalue weighted by molar-refractivity contribution is 7.19. The molecule has 1 aliphatic rings. The van der Waals surface area contributed by atoms with Gasteiger partial charge in [0, 0.05) is 73.5 Å². The summed E-state index contributed by atoms with van der Waals surface area (Å²) in [5.74, 6) is -1.60. The minimum atomic E-state index is -0.804. The molecule has 51 heavy (non-hydrogen) atoms. The van der Waals surface area contributed by atoms with E-state index in [1.165, 1.54) is 64.6 Å². The molecule has 14 heteroatoms. The molecule has 4 heterocycles. The molecule has 0 aliphatic carbocycles. The number of hydrogen-bond donors (Lipinski definition) is 1. The van der Waals surface area contributed by atoms with E-state index in [-0.39, 0.29) is 35.4 Å². The molecule has 1 fully saturated rings. The van der Waals surface area contributed by atoms with Crippen molar-refractivity contribution < 1.29 is 32.6 Å². The summed E-state index contributed by atoms with van der Waals surface area (Å²) in [4.78, 5) is 48.7. The molecule has 0 unspecified atom stereocenters. The monoisotopic (exact) mass is 717 g/mol. The Kier molecular flexibility index (Phi) is 10.3. The molecule has 2 amide bonds. The van der Waals surface area contributed by atoms with Gasteiger partial charge in [-0.05, 0) is 76.2 Å². The third kappa shape index (κ3) is 8.35. The van der Waals surface area contributed by atoms with Crippen molar-refractivity contribution in [1.29, 1.82) is 0 Å². The normalized spacial score (nSPS) is 13.6. The fraction of sp³-hybridized carbons (Fsp3) is 0.297. The lowest BCUT2D eigenvalue weighted by molar-refractivity contribution is 0.0139. The Morgan fingerprint density at radius 2 is 1.69 bits per heavy atom. The smallest absolute Gasteiger partial charge is 0.410 e. The second-order valence-electron chi connectivity index (χ2n) is 12.8. The third-order valence-electron chi connectivity index (χ3n) is 7.93. The molecule has 1 N–H and O–H groups in total. The van der Waals surface area contributed by atoms with Gasteiger partial charge in [-0.3, -0.25) is 24.0 Å². The highest BCUT2D eigenvalue weighted by Crippen LogP contribution is 2.37. The lowest BCUT2D eigenvalue weighted by Gasteiger charge is -2.35. The number of nitrogens with one attached hydrogen (secondary N) is 1. The van der Waals surface area contributed by atoms with Gasteiger partial charge >= 0.3 is 6.09 Å². The number of thiophene rings is 1. The van der Waals surface area contributed by atoms with E-state index in [4.69, 9.17) is 14.2 Å². The SMILES string of the molecule is CCOc1ccn(-c2ccc(F)cc2)c(=O)c1C(=O)Nc1ccc(Oc2ccnc3cc(CN4CCN(C(=O)OC(C)(C)C)CC4)sc23)c(F)c1. The van der Waals surface area contributed by atoms with Crippen LogP contribution in [0.25, 0.3) is 15.9 Å². The fourth-order valence-corrected chi connectivity index (χ4v) is 6.65. The molecule has 0 radical (unpaired) electrons. The first-order valence-electron chi connectivity index (χ1n) is 16.4. The van der Waals surface area contributed by atoms with E-state index in [0.29, 0.717) is 49.7 Å². The lowest BCUT2D eigenvalue weighted by atomic mass is 10.2. The van der Waals surface area contributed by atoms with Crippen LogP contribution in [0, 0.1) is 11.6 Å². The second kappa shape index (κ2) is 14.9. The van der Waals surface area contributed by atoms with Crippen LogP contribution in [0.5, 0.6) is 17.2 Å². The largest absolute Gasteiger partial charge is 0.493 e. The lowest BCUT2D eigenvalue weighted by Crippen LogP contribution is -2.49. The number of nitrogens with zero attached hydrogens (tertiary/aromatic N) is 4. The summed E-state index contributed by atoms with van der Waals surface area (Å²) >= 11 is 1.50. The van der Waals surface area contributed by atoms with Gasteiger partial charge in [0.05, 0.1) is 16.8 Å². The van der Waals surface area contributed by atoms with Crippen LogP contribution >= 0.6 is 11.3 Å². The average Bonchev–Trinajstić information content (AvgIpc) is 3.50. The first kappa shape index (κ1) is 35.5. The van der Waals surface area contributed by atoms with Gasteiger partial charge in [0.1, 0.15) is 28.5 Å². The number of ether oxygens (including phenoxy) is 3. The molecule has 5 aromatic rings. The number of piperazine rings is 1. The Labute approximate surface area is 297 Å². The van der Waals surface area contributed by atoms with Crippen LogP contribution < -0.4 is 20.3 Å². The quantitative estimate of drug-likeness (QED) is 0.170. The van der Waals surface area contributed by atoms with Crippen molar-refractivity contribution >= 4 is 39.2 Å². The van der Waals surface area contributed by atoms with Crippen molar-refractivity contribution in [2.75, 3.05) is 38.1 Å². The average molecular weight is 718 g/mol. The van der Waals surface area contributed by atoms with Crippen LogP contribution in [0.1, 0.15) is 42.9 Å². The van der Waals surface area contributed by atoms with E-state index in [2.05, 4.69) is 15.2 Å². The molecule has 11 nitrogen and oxygen atoms in total. The van der Waals surface area contributed by atoms with Gasteiger partial charge in [0.2, 0.25) is 0 Å². The first-order valence-corrected chi connectivity index (χ1v) is 17.2. The number of carbonyl (C=O) groups is 2. The number of pyridine rings is 2. The molecule has 266 valence electrons. The van der Waals surface area contributed by atoms with Gasteiger partial charge in [0.25, 0.3) is 11.5 Å². The number of anilines is 1. The number of benzene rings is 2. The Bertz CT molecular complexity index is 2120. The summed E-state index contributed by atoms with van der Waals surface area (Å²) in [7, 11) is 0. The first-order chi connectivity index (χ1) is 24.4. The van der Waals surface area contributed by atoms with E-state index >= 15 is 4.39 Å². The van der Waals surface area contributed by atoms with E-state index < -0.39 is 28.7 Å². The van der Waals surface area contributed by atoms with E-state index in [0.717, 1.165) is 15.6 Å². The standard InChI is InChI=1S/C37H37F2N5O6S/c1-5-48-30-13-15-44(25-9-6-23(38)7-10-25)35(46)32(30)34(45)41-24-8-11-29(27(39)20-24)49-31-12-14-40-28-21-26(51-33(28)31)22-42-16-18-43(19-17-42)36(47)50-37(2,3)4/h6-15,20-21H,5,16-19,22H2,1-4H3,(H,41,45). The number of aromatic nitrogens is 2. The van der Waals surface area contributed by atoms with Gasteiger partial charge in [-0.1, -0.05) is 0 Å². The van der Waals surface area contributed by atoms with Crippen LogP contribution in [0.15, 0.2) is 77.9 Å². The Morgan fingerprint density at radius 3 is 2.37 bits per heavy atom. The topological polar surface area (TPSA) is 115 Å². The highest BCUT2D eigenvalue weighted by atomic mass is 32.1.